The van der Waals surface area contributed by atoms with Gasteiger partial charge >= 0.3 is 0 Å². The molecular weight excluding hydrogens is 262 g/mol. The number of hydrogen-bond donors (Lipinski definition) is 2. The molecule has 1 amide bonds. The van der Waals surface area contributed by atoms with Crippen LogP contribution in [0.15, 0.2) is 30.5 Å². The number of hydrogen-bond acceptors (Lipinski definition) is 3. The molecule has 2 aliphatic heterocycles. The molecule has 0 bridgehead atoms. The van der Waals surface area contributed by atoms with Crippen LogP contribution in [0.3, 0.4) is 0 Å². The SMILES string of the molecule is C=C1CCc2cc(C(=O)NC3CCN(C)CC3)ccc2N1. The Bertz CT molecular complexity index is 559. The van der Waals surface area contributed by atoms with E-state index in [4.69, 9.17) is 0 Å². The number of nitrogens with one attached hydrogen (secondary N) is 2. The number of nitrogens with zero attached hydrogens (tertiary/aromatic N) is 1. The molecule has 2 N–H and O–H groups in total. The van der Waals surface area contributed by atoms with Crippen LogP contribution in [0.1, 0.15) is 35.2 Å². The van der Waals surface area contributed by atoms with E-state index < -0.39 is 0 Å². The van der Waals surface area contributed by atoms with Gasteiger partial charge in [0.15, 0.2) is 0 Å². The van der Waals surface area contributed by atoms with Crippen LogP contribution < -0.4 is 10.6 Å². The van der Waals surface area contributed by atoms with E-state index in [1.807, 2.05) is 18.2 Å². The summed E-state index contributed by atoms with van der Waals surface area (Å²) in [5.74, 6) is 0.0525. The first kappa shape index (κ1) is 14.1. The molecule has 21 heavy (non-hydrogen) atoms. The van der Waals surface area contributed by atoms with Crippen molar-refractivity contribution in [1.82, 2.24) is 10.2 Å². The molecule has 0 atom stereocenters. The molecule has 0 unspecified atom stereocenters. The van der Waals surface area contributed by atoms with Crippen LogP contribution in [-0.2, 0) is 6.42 Å². The third kappa shape index (κ3) is 3.27. The molecule has 0 aromatic heterocycles. The summed E-state index contributed by atoms with van der Waals surface area (Å²) < 4.78 is 0. The molecule has 112 valence electrons. The minimum absolute atomic E-state index is 0.0525. The molecule has 0 radical (unpaired) electrons. The smallest absolute Gasteiger partial charge is 0.251 e. The first-order chi connectivity index (χ1) is 10.1. The number of benzene rings is 1. The van der Waals surface area contributed by atoms with E-state index >= 15 is 0 Å². The Morgan fingerprint density at radius 1 is 1.33 bits per heavy atom. The number of allylic oxidation sites excluding steroid dienone is 1. The van der Waals surface area contributed by atoms with Crippen molar-refractivity contribution in [2.45, 2.75) is 31.7 Å². The highest BCUT2D eigenvalue weighted by molar-refractivity contribution is 5.95. The lowest BCUT2D eigenvalue weighted by Gasteiger charge is -2.29. The summed E-state index contributed by atoms with van der Waals surface area (Å²) >= 11 is 0. The number of anilines is 1. The molecule has 4 heteroatoms. The van der Waals surface area contributed by atoms with Crippen molar-refractivity contribution in [3.8, 4) is 0 Å². The van der Waals surface area contributed by atoms with Gasteiger partial charge in [0.05, 0.1) is 0 Å². The van der Waals surface area contributed by atoms with Gasteiger partial charge in [-0.25, -0.2) is 0 Å². The molecule has 1 saturated heterocycles. The lowest BCUT2D eigenvalue weighted by atomic mass is 9.98. The minimum atomic E-state index is 0.0525. The fourth-order valence-corrected chi connectivity index (χ4v) is 3.02. The van der Waals surface area contributed by atoms with Crippen LogP contribution >= 0.6 is 0 Å². The highest BCUT2D eigenvalue weighted by atomic mass is 16.1. The monoisotopic (exact) mass is 285 g/mol. The van der Waals surface area contributed by atoms with Crippen LogP contribution in [-0.4, -0.2) is 37.0 Å². The molecule has 0 saturated carbocycles. The van der Waals surface area contributed by atoms with E-state index in [-0.39, 0.29) is 5.91 Å². The largest absolute Gasteiger partial charge is 0.359 e. The van der Waals surface area contributed by atoms with Gasteiger partial charge in [-0.05, 0) is 69.6 Å². The highest BCUT2D eigenvalue weighted by Gasteiger charge is 2.20. The number of carbonyl (C=O) groups is 1. The Morgan fingerprint density at radius 2 is 2.10 bits per heavy atom. The van der Waals surface area contributed by atoms with Crippen LogP contribution in [0.2, 0.25) is 0 Å². The van der Waals surface area contributed by atoms with Crippen molar-refractivity contribution in [2.24, 2.45) is 0 Å². The van der Waals surface area contributed by atoms with Crippen molar-refractivity contribution in [3.05, 3.63) is 41.6 Å². The summed E-state index contributed by atoms with van der Waals surface area (Å²) in [4.78, 5) is 14.7. The van der Waals surface area contributed by atoms with E-state index in [1.54, 1.807) is 0 Å². The maximum absolute atomic E-state index is 12.4. The molecule has 1 fully saturated rings. The van der Waals surface area contributed by atoms with Gasteiger partial charge in [0, 0.05) is 23.0 Å². The highest BCUT2D eigenvalue weighted by Crippen LogP contribution is 2.26. The molecule has 2 aliphatic rings. The molecule has 2 heterocycles. The number of amides is 1. The number of piperidine rings is 1. The van der Waals surface area contributed by atoms with Crippen molar-refractivity contribution in [2.75, 3.05) is 25.5 Å². The van der Waals surface area contributed by atoms with Crippen LogP contribution in [0.4, 0.5) is 5.69 Å². The molecule has 3 rings (SSSR count). The summed E-state index contributed by atoms with van der Waals surface area (Å²) in [7, 11) is 2.13. The van der Waals surface area contributed by atoms with Gasteiger partial charge < -0.3 is 15.5 Å². The third-order valence-electron chi connectivity index (χ3n) is 4.43. The molecule has 0 aliphatic carbocycles. The average molecular weight is 285 g/mol. The standard InChI is InChI=1S/C17H23N3O/c1-12-3-4-13-11-14(5-6-16(13)18-12)17(21)19-15-7-9-20(2)10-8-15/h5-6,11,15,18H,1,3-4,7-10H2,2H3,(H,19,21). The van der Waals surface area contributed by atoms with E-state index in [9.17, 15) is 4.79 Å². The van der Waals surface area contributed by atoms with Gasteiger partial charge in [-0.3, -0.25) is 4.79 Å². The van der Waals surface area contributed by atoms with Crippen LogP contribution in [0, 0.1) is 0 Å². The van der Waals surface area contributed by atoms with Crippen molar-refractivity contribution >= 4 is 11.6 Å². The fourth-order valence-electron chi connectivity index (χ4n) is 3.02. The first-order valence-corrected chi connectivity index (χ1v) is 7.69. The number of rotatable bonds is 2. The van der Waals surface area contributed by atoms with E-state index in [2.05, 4.69) is 29.2 Å². The average Bonchev–Trinajstić information content (AvgIpc) is 2.49. The van der Waals surface area contributed by atoms with Crippen molar-refractivity contribution in [3.63, 3.8) is 0 Å². The summed E-state index contributed by atoms with van der Waals surface area (Å²) in [6.07, 6.45) is 3.96. The molecular formula is C17H23N3O. The Balaban J connectivity index is 1.66. The lowest BCUT2D eigenvalue weighted by Crippen LogP contribution is -2.43. The van der Waals surface area contributed by atoms with Gasteiger partial charge in [-0.1, -0.05) is 6.58 Å². The van der Waals surface area contributed by atoms with Crippen LogP contribution in [0.25, 0.3) is 0 Å². The second-order valence-corrected chi connectivity index (χ2v) is 6.15. The topological polar surface area (TPSA) is 44.4 Å². The molecule has 1 aromatic carbocycles. The normalized spacial score (nSPS) is 19.8. The zero-order valence-corrected chi connectivity index (χ0v) is 12.6. The van der Waals surface area contributed by atoms with Gasteiger partial charge in [-0.2, -0.15) is 0 Å². The van der Waals surface area contributed by atoms with Crippen LogP contribution in [0.5, 0.6) is 0 Å². The second-order valence-electron chi connectivity index (χ2n) is 6.15. The molecule has 1 aromatic rings. The summed E-state index contributed by atoms with van der Waals surface area (Å²) in [5.41, 5.74) is 4.11. The van der Waals surface area contributed by atoms with E-state index in [1.165, 1.54) is 5.56 Å². The maximum Gasteiger partial charge on any atom is 0.251 e. The maximum atomic E-state index is 12.4. The fraction of sp³-hybridized carbons (Fsp3) is 0.471. The Hall–Kier alpha value is -1.81. The second kappa shape index (κ2) is 5.90. The van der Waals surface area contributed by atoms with Gasteiger partial charge in [0.25, 0.3) is 5.91 Å². The molecule has 0 spiro atoms. The Kier molecular flexibility index (Phi) is 3.97. The number of aryl methyl sites for hydroxylation is 1. The van der Waals surface area contributed by atoms with Crippen molar-refractivity contribution in [1.29, 1.82) is 0 Å². The lowest BCUT2D eigenvalue weighted by molar-refractivity contribution is 0.0917. The van der Waals surface area contributed by atoms with Crippen molar-refractivity contribution < 1.29 is 4.79 Å². The van der Waals surface area contributed by atoms with Gasteiger partial charge in [0.1, 0.15) is 0 Å². The summed E-state index contributed by atoms with van der Waals surface area (Å²) in [5, 5.41) is 6.45. The van der Waals surface area contributed by atoms with E-state index in [0.29, 0.717) is 6.04 Å². The Labute approximate surface area is 126 Å². The third-order valence-corrected chi connectivity index (χ3v) is 4.43. The van der Waals surface area contributed by atoms with Gasteiger partial charge in [0.2, 0.25) is 0 Å². The zero-order valence-electron chi connectivity index (χ0n) is 12.6. The minimum Gasteiger partial charge on any atom is -0.359 e. The number of carbonyl (C=O) groups excluding carboxylic acids is 1. The first-order valence-electron chi connectivity index (χ1n) is 7.69. The summed E-state index contributed by atoms with van der Waals surface area (Å²) in [6.45, 7) is 6.07. The summed E-state index contributed by atoms with van der Waals surface area (Å²) in [6, 6.07) is 6.21. The number of fused-ring (bicyclic) bond motifs is 1. The zero-order chi connectivity index (χ0) is 14.8. The quantitative estimate of drug-likeness (QED) is 0.877. The number of likely N-dealkylation sites (tertiary alicyclic amines) is 1. The predicted octanol–water partition coefficient (Wildman–Crippen LogP) is 2.38. The van der Waals surface area contributed by atoms with Gasteiger partial charge in [-0.15, -0.1) is 0 Å². The molecule has 4 nitrogen and oxygen atoms in total. The Morgan fingerprint density at radius 3 is 2.86 bits per heavy atom. The van der Waals surface area contributed by atoms with E-state index in [0.717, 1.165) is 55.7 Å². The predicted molar refractivity (Wildman–Crippen MR) is 85.5 cm³/mol.